The summed E-state index contributed by atoms with van der Waals surface area (Å²) in [6.07, 6.45) is 3.45. The van der Waals surface area contributed by atoms with Gasteiger partial charge in [0.05, 0.1) is 0 Å². The van der Waals surface area contributed by atoms with E-state index in [1.807, 2.05) is 6.92 Å². The van der Waals surface area contributed by atoms with Gasteiger partial charge in [-0.25, -0.2) is 15.8 Å². The number of nitrogens with zero attached hydrogens (tertiary/aromatic N) is 2. The van der Waals surface area contributed by atoms with E-state index in [4.69, 9.17) is 10.8 Å². The van der Waals surface area contributed by atoms with E-state index < -0.39 is 0 Å². The summed E-state index contributed by atoms with van der Waals surface area (Å²) >= 11 is 0. The average Bonchev–Trinajstić information content (AvgIpc) is 3.21. The molecule has 1 unspecified atom stereocenters. The Kier molecular flexibility index (Phi) is 4.24. The number of nitrogens with one attached hydrogen (secondary N) is 2. The molecule has 1 saturated carbocycles. The standard InChI is InChI=1S/C14H25N5/c1-5-11(8(2)3)16-12-9(4)13(19-15)18-14(17-12)10-6-7-10/h8,10-11H,5-7,15H2,1-4H3,(H2,16,17,18,19). The molecule has 0 radical (unpaired) electrons. The molecule has 0 amide bonds. The fourth-order valence-corrected chi connectivity index (χ4v) is 2.25. The molecule has 0 aromatic carbocycles. The molecule has 0 aliphatic heterocycles. The van der Waals surface area contributed by atoms with Gasteiger partial charge in [0, 0.05) is 17.5 Å². The van der Waals surface area contributed by atoms with E-state index in [0.29, 0.717) is 17.9 Å². The third-order valence-corrected chi connectivity index (χ3v) is 3.81. The number of nitrogen functional groups attached to an aromatic ring is 1. The second kappa shape index (κ2) is 5.74. The molecule has 2 rings (SSSR count). The molecule has 5 nitrogen and oxygen atoms in total. The monoisotopic (exact) mass is 263 g/mol. The van der Waals surface area contributed by atoms with Gasteiger partial charge in [-0.1, -0.05) is 20.8 Å². The maximum Gasteiger partial charge on any atom is 0.148 e. The van der Waals surface area contributed by atoms with E-state index in [1.165, 1.54) is 12.8 Å². The topological polar surface area (TPSA) is 75.9 Å². The third-order valence-electron chi connectivity index (χ3n) is 3.81. The van der Waals surface area contributed by atoms with Crippen molar-refractivity contribution in [2.75, 3.05) is 10.7 Å². The Labute approximate surface area is 115 Å². The lowest BCUT2D eigenvalue weighted by molar-refractivity contribution is 0.509. The van der Waals surface area contributed by atoms with E-state index in [2.05, 4.69) is 36.5 Å². The molecule has 5 heteroatoms. The second-order valence-corrected chi connectivity index (χ2v) is 5.73. The molecular weight excluding hydrogens is 238 g/mol. The van der Waals surface area contributed by atoms with Crippen molar-refractivity contribution < 1.29 is 0 Å². The number of hydrogen-bond donors (Lipinski definition) is 3. The van der Waals surface area contributed by atoms with Crippen LogP contribution >= 0.6 is 0 Å². The van der Waals surface area contributed by atoms with Crippen molar-refractivity contribution in [3.63, 3.8) is 0 Å². The number of hydrazine groups is 1. The summed E-state index contributed by atoms with van der Waals surface area (Å²) in [7, 11) is 0. The molecule has 1 atom stereocenters. The van der Waals surface area contributed by atoms with Gasteiger partial charge in [-0.15, -0.1) is 0 Å². The van der Waals surface area contributed by atoms with Crippen LogP contribution in [0.25, 0.3) is 0 Å². The van der Waals surface area contributed by atoms with Gasteiger partial charge in [0.25, 0.3) is 0 Å². The first-order chi connectivity index (χ1) is 9.06. The molecule has 1 aliphatic rings. The van der Waals surface area contributed by atoms with Crippen molar-refractivity contribution in [3.8, 4) is 0 Å². The highest BCUT2D eigenvalue weighted by molar-refractivity contribution is 5.57. The molecule has 106 valence electrons. The van der Waals surface area contributed by atoms with Crippen LogP contribution in [-0.4, -0.2) is 16.0 Å². The van der Waals surface area contributed by atoms with Crippen molar-refractivity contribution in [3.05, 3.63) is 11.4 Å². The Bertz CT molecular complexity index is 440. The van der Waals surface area contributed by atoms with Gasteiger partial charge in [0.15, 0.2) is 0 Å². The quantitative estimate of drug-likeness (QED) is 0.543. The maximum absolute atomic E-state index is 5.56. The Morgan fingerprint density at radius 1 is 1.26 bits per heavy atom. The molecule has 1 aromatic heterocycles. The Morgan fingerprint density at radius 3 is 2.37 bits per heavy atom. The molecule has 1 heterocycles. The van der Waals surface area contributed by atoms with Gasteiger partial charge in [-0.2, -0.15) is 0 Å². The lowest BCUT2D eigenvalue weighted by atomic mass is 10.0. The lowest BCUT2D eigenvalue weighted by Gasteiger charge is -2.23. The molecule has 0 saturated heterocycles. The fourth-order valence-electron chi connectivity index (χ4n) is 2.25. The number of anilines is 2. The second-order valence-electron chi connectivity index (χ2n) is 5.73. The summed E-state index contributed by atoms with van der Waals surface area (Å²) in [4.78, 5) is 9.20. The van der Waals surface area contributed by atoms with Crippen LogP contribution in [0.3, 0.4) is 0 Å². The predicted molar refractivity (Wildman–Crippen MR) is 79.1 cm³/mol. The van der Waals surface area contributed by atoms with Crippen LogP contribution in [0, 0.1) is 12.8 Å². The highest BCUT2D eigenvalue weighted by Gasteiger charge is 2.28. The highest BCUT2D eigenvalue weighted by Crippen LogP contribution is 2.39. The average molecular weight is 263 g/mol. The zero-order chi connectivity index (χ0) is 14.0. The summed E-state index contributed by atoms with van der Waals surface area (Å²) in [6, 6.07) is 0.422. The van der Waals surface area contributed by atoms with Crippen LogP contribution in [0.15, 0.2) is 0 Å². The largest absolute Gasteiger partial charge is 0.367 e. The van der Waals surface area contributed by atoms with Gasteiger partial charge < -0.3 is 10.7 Å². The van der Waals surface area contributed by atoms with Gasteiger partial charge in [-0.05, 0) is 32.1 Å². The zero-order valence-electron chi connectivity index (χ0n) is 12.3. The summed E-state index contributed by atoms with van der Waals surface area (Å²) in [5, 5.41) is 3.55. The molecular formula is C14H25N5. The first-order valence-corrected chi connectivity index (χ1v) is 7.18. The molecule has 4 N–H and O–H groups in total. The van der Waals surface area contributed by atoms with E-state index in [0.717, 1.165) is 29.4 Å². The zero-order valence-corrected chi connectivity index (χ0v) is 12.3. The Hall–Kier alpha value is -1.36. The van der Waals surface area contributed by atoms with Gasteiger partial charge in [0.2, 0.25) is 0 Å². The van der Waals surface area contributed by atoms with Crippen LogP contribution in [0.5, 0.6) is 0 Å². The van der Waals surface area contributed by atoms with E-state index in [9.17, 15) is 0 Å². The van der Waals surface area contributed by atoms with Crippen LogP contribution in [0.4, 0.5) is 11.6 Å². The van der Waals surface area contributed by atoms with Crippen molar-refractivity contribution in [1.82, 2.24) is 9.97 Å². The highest BCUT2D eigenvalue weighted by atomic mass is 15.3. The lowest BCUT2D eigenvalue weighted by Crippen LogP contribution is -2.26. The first-order valence-electron chi connectivity index (χ1n) is 7.18. The van der Waals surface area contributed by atoms with E-state index >= 15 is 0 Å². The van der Waals surface area contributed by atoms with Gasteiger partial charge in [0.1, 0.15) is 17.5 Å². The SMILES string of the molecule is CCC(Nc1nc(C2CC2)nc(NN)c1C)C(C)C. The third kappa shape index (κ3) is 3.15. The minimum Gasteiger partial charge on any atom is -0.367 e. The predicted octanol–water partition coefficient (Wildman–Crippen LogP) is 2.79. The fraction of sp³-hybridized carbons (Fsp3) is 0.714. The van der Waals surface area contributed by atoms with Crippen molar-refractivity contribution >= 4 is 11.6 Å². The summed E-state index contributed by atoms with van der Waals surface area (Å²) in [6.45, 7) is 8.64. The number of nitrogens with two attached hydrogens (primary N) is 1. The van der Waals surface area contributed by atoms with Crippen LogP contribution in [0.2, 0.25) is 0 Å². The molecule has 0 bridgehead atoms. The van der Waals surface area contributed by atoms with Gasteiger partial charge in [-0.3, -0.25) is 0 Å². The Morgan fingerprint density at radius 2 is 1.89 bits per heavy atom. The summed E-state index contributed by atoms with van der Waals surface area (Å²) in [5.74, 6) is 9.22. The molecule has 19 heavy (non-hydrogen) atoms. The molecule has 0 spiro atoms. The number of rotatable bonds is 6. The first kappa shape index (κ1) is 14.1. The summed E-state index contributed by atoms with van der Waals surface area (Å²) < 4.78 is 0. The molecule has 1 fully saturated rings. The number of hydrogen-bond acceptors (Lipinski definition) is 5. The molecule has 1 aliphatic carbocycles. The van der Waals surface area contributed by atoms with Gasteiger partial charge >= 0.3 is 0 Å². The molecule has 1 aromatic rings. The van der Waals surface area contributed by atoms with Crippen molar-refractivity contribution in [2.45, 2.75) is 58.9 Å². The van der Waals surface area contributed by atoms with E-state index in [1.54, 1.807) is 0 Å². The van der Waals surface area contributed by atoms with E-state index in [-0.39, 0.29) is 0 Å². The minimum atomic E-state index is 0.422. The summed E-state index contributed by atoms with van der Waals surface area (Å²) in [5.41, 5.74) is 3.68. The smallest absolute Gasteiger partial charge is 0.148 e. The van der Waals surface area contributed by atoms with Crippen LogP contribution < -0.4 is 16.6 Å². The normalized spacial score (nSPS) is 16.5. The van der Waals surface area contributed by atoms with Crippen molar-refractivity contribution in [2.24, 2.45) is 11.8 Å². The Balaban J connectivity index is 2.29. The number of aromatic nitrogens is 2. The minimum absolute atomic E-state index is 0.422. The van der Waals surface area contributed by atoms with Crippen LogP contribution in [0.1, 0.15) is 57.3 Å². The van der Waals surface area contributed by atoms with Crippen molar-refractivity contribution in [1.29, 1.82) is 0 Å². The maximum atomic E-state index is 5.56. The van der Waals surface area contributed by atoms with Crippen LogP contribution in [-0.2, 0) is 0 Å².